The first-order chi connectivity index (χ1) is 11.3. The fraction of sp³-hybridized carbons (Fsp3) is 0.368. The molecular weight excluding hydrogens is 302 g/mol. The molecule has 1 aliphatic heterocycles. The third-order valence-electron chi connectivity index (χ3n) is 4.03. The van der Waals surface area contributed by atoms with E-state index < -0.39 is 5.60 Å². The number of nitrogens with two attached hydrogens (primary N) is 1. The maximum atomic E-state index is 12.2. The molecule has 0 unspecified atom stereocenters. The van der Waals surface area contributed by atoms with Gasteiger partial charge < -0.3 is 15.4 Å². The van der Waals surface area contributed by atoms with Crippen LogP contribution in [-0.2, 0) is 4.74 Å². The van der Waals surface area contributed by atoms with Crippen molar-refractivity contribution >= 4 is 28.3 Å². The minimum atomic E-state index is -0.474. The van der Waals surface area contributed by atoms with Crippen molar-refractivity contribution < 1.29 is 9.53 Å². The first kappa shape index (κ1) is 16.3. The summed E-state index contributed by atoms with van der Waals surface area (Å²) >= 11 is 0. The standard InChI is InChI=1S/C19H23N3O2/c1-19(2,3)24-18(23)22-10-8-13(9-11-22)16-12-21-17(20)15-7-5-4-6-14(15)16/h4-8,12H,9-11H2,1-3H3,(H2,20,21). The molecule has 2 aromatic rings. The maximum absolute atomic E-state index is 12.2. The first-order valence-electron chi connectivity index (χ1n) is 8.16. The Bertz CT molecular complexity index is 806. The van der Waals surface area contributed by atoms with Crippen LogP contribution >= 0.6 is 0 Å². The lowest BCUT2D eigenvalue weighted by molar-refractivity contribution is 0.0270. The van der Waals surface area contributed by atoms with Crippen LogP contribution in [0.2, 0.25) is 0 Å². The minimum Gasteiger partial charge on any atom is -0.444 e. The van der Waals surface area contributed by atoms with Crippen molar-refractivity contribution in [2.45, 2.75) is 32.8 Å². The molecule has 0 bridgehead atoms. The van der Waals surface area contributed by atoms with Crippen LogP contribution in [0.3, 0.4) is 0 Å². The summed E-state index contributed by atoms with van der Waals surface area (Å²) in [5, 5.41) is 2.06. The Balaban J connectivity index is 1.84. The van der Waals surface area contributed by atoms with Crippen LogP contribution in [0.1, 0.15) is 32.8 Å². The van der Waals surface area contributed by atoms with Crippen molar-refractivity contribution in [2.24, 2.45) is 0 Å². The van der Waals surface area contributed by atoms with Gasteiger partial charge in [-0.2, -0.15) is 0 Å². The number of amides is 1. The SMILES string of the molecule is CC(C)(C)OC(=O)N1CC=C(c2cnc(N)c3ccccc23)CC1. The van der Waals surface area contributed by atoms with E-state index in [2.05, 4.69) is 17.1 Å². The summed E-state index contributed by atoms with van der Waals surface area (Å²) in [6, 6.07) is 8.01. The molecule has 1 aromatic carbocycles. The van der Waals surface area contributed by atoms with E-state index >= 15 is 0 Å². The Kier molecular flexibility index (Phi) is 4.18. The minimum absolute atomic E-state index is 0.266. The van der Waals surface area contributed by atoms with E-state index in [4.69, 9.17) is 10.5 Å². The molecule has 0 aliphatic carbocycles. The molecule has 3 rings (SSSR count). The third kappa shape index (κ3) is 3.35. The summed E-state index contributed by atoms with van der Waals surface area (Å²) in [4.78, 5) is 18.2. The average molecular weight is 325 g/mol. The van der Waals surface area contributed by atoms with Gasteiger partial charge in [0.2, 0.25) is 0 Å². The van der Waals surface area contributed by atoms with E-state index in [9.17, 15) is 4.79 Å². The molecule has 0 saturated heterocycles. The number of carbonyl (C=O) groups excluding carboxylic acids is 1. The molecule has 2 N–H and O–H groups in total. The molecule has 0 spiro atoms. The van der Waals surface area contributed by atoms with Crippen LogP contribution in [0.5, 0.6) is 0 Å². The lowest BCUT2D eigenvalue weighted by Gasteiger charge is -2.29. The quantitative estimate of drug-likeness (QED) is 0.865. The third-order valence-corrected chi connectivity index (χ3v) is 4.03. The van der Waals surface area contributed by atoms with Crippen LogP contribution in [0.4, 0.5) is 10.6 Å². The number of fused-ring (bicyclic) bond motifs is 1. The molecule has 24 heavy (non-hydrogen) atoms. The molecule has 5 nitrogen and oxygen atoms in total. The second kappa shape index (κ2) is 6.15. The molecule has 0 atom stereocenters. The molecule has 126 valence electrons. The summed E-state index contributed by atoms with van der Waals surface area (Å²) < 4.78 is 5.43. The van der Waals surface area contributed by atoms with Gasteiger partial charge >= 0.3 is 6.09 Å². The number of nitrogen functional groups attached to an aromatic ring is 1. The average Bonchev–Trinajstić information content (AvgIpc) is 2.54. The number of pyridine rings is 1. The fourth-order valence-corrected chi connectivity index (χ4v) is 2.88. The highest BCUT2D eigenvalue weighted by molar-refractivity contribution is 5.98. The molecule has 0 radical (unpaired) electrons. The van der Waals surface area contributed by atoms with Gasteiger partial charge in [0.15, 0.2) is 0 Å². The molecular formula is C19H23N3O2. The predicted octanol–water partition coefficient (Wildman–Crippen LogP) is 3.84. The van der Waals surface area contributed by atoms with Crippen molar-refractivity contribution in [3.8, 4) is 0 Å². The van der Waals surface area contributed by atoms with Crippen molar-refractivity contribution in [2.75, 3.05) is 18.8 Å². The zero-order chi connectivity index (χ0) is 17.3. The number of anilines is 1. The van der Waals surface area contributed by atoms with Crippen molar-refractivity contribution in [3.63, 3.8) is 0 Å². The van der Waals surface area contributed by atoms with Crippen LogP contribution in [0.25, 0.3) is 16.3 Å². The number of ether oxygens (including phenoxy) is 1. The van der Waals surface area contributed by atoms with Crippen molar-refractivity contribution in [1.29, 1.82) is 0 Å². The Morgan fingerprint density at radius 3 is 2.58 bits per heavy atom. The van der Waals surface area contributed by atoms with E-state index in [1.807, 2.05) is 45.2 Å². The smallest absolute Gasteiger partial charge is 0.410 e. The topological polar surface area (TPSA) is 68.5 Å². The van der Waals surface area contributed by atoms with E-state index in [1.54, 1.807) is 4.90 Å². The first-order valence-corrected chi connectivity index (χ1v) is 8.16. The lowest BCUT2D eigenvalue weighted by atomic mass is 9.96. The van der Waals surface area contributed by atoms with Gasteiger partial charge in [-0.25, -0.2) is 9.78 Å². The number of hydrogen-bond donors (Lipinski definition) is 1. The fourth-order valence-electron chi connectivity index (χ4n) is 2.88. The number of hydrogen-bond acceptors (Lipinski definition) is 4. The molecule has 1 amide bonds. The largest absolute Gasteiger partial charge is 0.444 e. The van der Waals surface area contributed by atoms with Gasteiger partial charge in [-0.05, 0) is 38.2 Å². The van der Waals surface area contributed by atoms with Crippen molar-refractivity contribution in [3.05, 3.63) is 42.1 Å². The molecule has 5 heteroatoms. The number of aromatic nitrogens is 1. The number of rotatable bonds is 1. The zero-order valence-electron chi connectivity index (χ0n) is 14.4. The van der Waals surface area contributed by atoms with Gasteiger partial charge in [-0.15, -0.1) is 0 Å². The molecule has 0 saturated carbocycles. The highest BCUT2D eigenvalue weighted by Gasteiger charge is 2.24. The highest BCUT2D eigenvalue weighted by atomic mass is 16.6. The van der Waals surface area contributed by atoms with Gasteiger partial charge in [-0.3, -0.25) is 0 Å². The molecule has 1 aliphatic rings. The van der Waals surface area contributed by atoms with E-state index in [0.717, 1.165) is 22.8 Å². The highest BCUT2D eigenvalue weighted by Crippen LogP contribution is 2.31. The second-order valence-electron chi connectivity index (χ2n) is 7.01. The summed E-state index contributed by atoms with van der Waals surface area (Å²) in [5.41, 5.74) is 7.78. The van der Waals surface area contributed by atoms with Gasteiger partial charge in [0.05, 0.1) is 0 Å². The Hall–Kier alpha value is -2.56. The van der Waals surface area contributed by atoms with Gasteiger partial charge in [-0.1, -0.05) is 30.3 Å². The Morgan fingerprint density at radius 2 is 1.96 bits per heavy atom. The maximum Gasteiger partial charge on any atom is 0.410 e. The van der Waals surface area contributed by atoms with Crippen LogP contribution in [-0.4, -0.2) is 34.7 Å². The zero-order valence-corrected chi connectivity index (χ0v) is 14.4. The summed E-state index contributed by atoms with van der Waals surface area (Å²) in [6.45, 7) is 6.81. The van der Waals surface area contributed by atoms with Crippen LogP contribution in [0, 0.1) is 0 Å². The van der Waals surface area contributed by atoms with E-state index in [0.29, 0.717) is 18.9 Å². The second-order valence-corrected chi connectivity index (χ2v) is 7.01. The van der Waals surface area contributed by atoms with Gasteiger partial charge in [0.25, 0.3) is 0 Å². The number of carbonyl (C=O) groups is 1. The monoisotopic (exact) mass is 325 g/mol. The van der Waals surface area contributed by atoms with E-state index in [1.165, 1.54) is 5.57 Å². The Morgan fingerprint density at radius 1 is 1.25 bits per heavy atom. The van der Waals surface area contributed by atoms with Crippen molar-refractivity contribution in [1.82, 2.24) is 9.88 Å². The summed E-state index contributed by atoms with van der Waals surface area (Å²) in [5.74, 6) is 0.543. The lowest BCUT2D eigenvalue weighted by Crippen LogP contribution is -2.39. The molecule has 1 aromatic heterocycles. The number of benzene rings is 1. The van der Waals surface area contributed by atoms with Gasteiger partial charge in [0.1, 0.15) is 11.4 Å². The van der Waals surface area contributed by atoms with E-state index in [-0.39, 0.29) is 6.09 Å². The molecule has 2 heterocycles. The normalized spacial score (nSPS) is 15.3. The summed E-state index contributed by atoms with van der Waals surface area (Å²) in [7, 11) is 0. The van der Waals surface area contributed by atoms with Gasteiger partial charge in [0, 0.05) is 30.2 Å². The van der Waals surface area contributed by atoms with Crippen LogP contribution in [0.15, 0.2) is 36.5 Å². The Labute approximate surface area is 142 Å². The number of nitrogens with zero attached hydrogens (tertiary/aromatic N) is 2. The summed E-state index contributed by atoms with van der Waals surface area (Å²) in [6.07, 6.45) is 4.41. The predicted molar refractivity (Wildman–Crippen MR) is 96.6 cm³/mol. The molecule has 0 fully saturated rings. The van der Waals surface area contributed by atoms with Crippen LogP contribution < -0.4 is 5.73 Å².